The van der Waals surface area contributed by atoms with Gasteiger partial charge in [-0.1, -0.05) is 12.1 Å². The van der Waals surface area contributed by atoms with Crippen LogP contribution in [0.5, 0.6) is 5.75 Å². The average Bonchev–Trinajstić information content (AvgIpc) is 2.52. The molecule has 0 aliphatic carbocycles. The molecule has 2 rings (SSSR count). The molecule has 1 atom stereocenters. The number of nitrogens with zero attached hydrogens (tertiary/aromatic N) is 1. The molecular weight excluding hydrogens is 287 g/mol. The topological polar surface area (TPSA) is 109 Å². The van der Waals surface area contributed by atoms with Gasteiger partial charge in [0.2, 0.25) is 5.91 Å². The smallest absolute Gasteiger partial charge is 0.534 e. The summed E-state index contributed by atoms with van der Waals surface area (Å²) in [6, 6.07) is 6.86. The van der Waals surface area contributed by atoms with Crippen molar-refractivity contribution in [2.75, 3.05) is 7.11 Å². The van der Waals surface area contributed by atoms with E-state index in [-0.39, 0.29) is 30.1 Å². The number of carbonyl (C=O) groups excluding carboxylic acids is 2. The molecule has 0 saturated heterocycles. The van der Waals surface area contributed by atoms with Crippen molar-refractivity contribution in [3.63, 3.8) is 0 Å². The van der Waals surface area contributed by atoms with Crippen LogP contribution in [-0.4, -0.2) is 37.1 Å². The Hall–Kier alpha value is -2.53. The molecule has 1 amide bonds. The molecule has 1 aromatic carbocycles. The van der Waals surface area contributed by atoms with Crippen molar-refractivity contribution in [2.45, 2.75) is 25.2 Å². The lowest BCUT2D eigenvalue weighted by molar-refractivity contribution is -0.121. The molecule has 1 unspecified atom stereocenters. The molecule has 1 aliphatic heterocycles. The maximum Gasteiger partial charge on any atom is 0.547 e. The van der Waals surface area contributed by atoms with Crippen LogP contribution in [0.15, 0.2) is 18.2 Å². The molecule has 114 valence electrons. The van der Waals surface area contributed by atoms with Crippen LogP contribution in [-0.2, 0) is 16.0 Å². The van der Waals surface area contributed by atoms with Gasteiger partial charge in [0.25, 0.3) is 0 Å². The van der Waals surface area contributed by atoms with Crippen molar-refractivity contribution in [3.05, 3.63) is 29.3 Å². The Labute approximate surface area is 128 Å². The lowest BCUT2D eigenvalue weighted by Crippen LogP contribution is -2.53. The van der Waals surface area contributed by atoms with Gasteiger partial charge in [0.05, 0.1) is 19.1 Å². The fraction of sp³-hybridized carbons (Fsp3) is 0.357. The first-order chi connectivity index (χ1) is 10.6. The van der Waals surface area contributed by atoms with Crippen molar-refractivity contribution in [2.24, 2.45) is 0 Å². The molecule has 0 fully saturated rings. The van der Waals surface area contributed by atoms with E-state index in [0.29, 0.717) is 12.0 Å². The third kappa shape index (κ3) is 3.38. The summed E-state index contributed by atoms with van der Waals surface area (Å²) in [7, 11) is -0.0107. The molecular formula is C14H15BN2O5. The predicted molar refractivity (Wildman–Crippen MR) is 76.9 cm³/mol. The Morgan fingerprint density at radius 1 is 1.59 bits per heavy atom. The number of amides is 1. The normalized spacial score (nSPS) is 16.0. The van der Waals surface area contributed by atoms with E-state index in [1.807, 2.05) is 6.07 Å². The fourth-order valence-corrected chi connectivity index (χ4v) is 2.27. The van der Waals surface area contributed by atoms with E-state index < -0.39 is 19.0 Å². The maximum absolute atomic E-state index is 11.7. The Bertz CT molecular complexity index is 628. The number of esters is 1. The van der Waals surface area contributed by atoms with Crippen molar-refractivity contribution >= 4 is 19.0 Å². The summed E-state index contributed by atoms with van der Waals surface area (Å²) in [6.07, 6.45) is 0.493. The van der Waals surface area contributed by atoms with Crippen LogP contribution in [0.3, 0.4) is 0 Å². The van der Waals surface area contributed by atoms with Crippen molar-refractivity contribution in [1.82, 2.24) is 5.32 Å². The number of hydrogen-bond acceptors (Lipinski definition) is 6. The van der Waals surface area contributed by atoms with Crippen LogP contribution >= 0.6 is 0 Å². The minimum absolute atomic E-state index is 0.0643. The molecule has 0 radical (unpaired) electrons. The van der Waals surface area contributed by atoms with Gasteiger partial charge in [-0.2, -0.15) is 5.26 Å². The number of methoxy groups -OCH3 is 1. The Morgan fingerprint density at radius 3 is 3.05 bits per heavy atom. The number of carbonyl (C=O) groups is 2. The van der Waals surface area contributed by atoms with Gasteiger partial charge in [-0.25, -0.2) is 4.79 Å². The quantitative estimate of drug-likeness (QED) is 0.608. The second kappa shape index (κ2) is 6.96. The number of ether oxygens (including phenoxy) is 1. The maximum atomic E-state index is 11.7. The van der Waals surface area contributed by atoms with Gasteiger partial charge in [0.15, 0.2) is 0 Å². The number of nitriles is 1. The summed E-state index contributed by atoms with van der Waals surface area (Å²) in [5, 5.41) is 21.1. The van der Waals surface area contributed by atoms with Crippen LogP contribution in [0.2, 0.25) is 0 Å². The van der Waals surface area contributed by atoms with Gasteiger partial charge in [-0.05, 0) is 18.1 Å². The summed E-state index contributed by atoms with van der Waals surface area (Å²) in [4.78, 5) is 23.3. The van der Waals surface area contributed by atoms with E-state index in [0.717, 1.165) is 0 Å². The minimum Gasteiger partial charge on any atom is -0.534 e. The molecule has 1 aromatic rings. The Morgan fingerprint density at radius 2 is 2.36 bits per heavy atom. The molecule has 1 heterocycles. The molecule has 22 heavy (non-hydrogen) atoms. The second-order valence-corrected chi connectivity index (χ2v) is 4.83. The monoisotopic (exact) mass is 302 g/mol. The first kappa shape index (κ1) is 15.9. The average molecular weight is 302 g/mol. The van der Waals surface area contributed by atoms with E-state index >= 15 is 0 Å². The number of benzene rings is 1. The lowest BCUT2D eigenvalue weighted by Gasteiger charge is -2.29. The van der Waals surface area contributed by atoms with E-state index in [1.165, 1.54) is 7.11 Å². The lowest BCUT2D eigenvalue weighted by atomic mass is 9.72. The van der Waals surface area contributed by atoms with E-state index in [9.17, 15) is 14.6 Å². The molecule has 0 spiro atoms. The number of rotatable bonds is 4. The van der Waals surface area contributed by atoms with Crippen LogP contribution in [0, 0.1) is 11.3 Å². The van der Waals surface area contributed by atoms with Crippen LogP contribution in [0.1, 0.15) is 28.8 Å². The molecule has 0 aromatic heterocycles. The second-order valence-electron chi connectivity index (χ2n) is 4.83. The number of nitrogens with one attached hydrogen (secondary N) is 1. The molecule has 1 aliphatic rings. The van der Waals surface area contributed by atoms with Gasteiger partial charge >= 0.3 is 13.1 Å². The highest BCUT2D eigenvalue weighted by molar-refractivity contribution is 6.47. The fourth-order valence-electron chi connectivity index (χ4n) is 2.27. The summed E-state index contributed by atoms with van der Waals surface area (Å²) >= 11 is 0. The molecule has 0 saturated carbocycles. The van der Waals surface area contributed by atoms with E-state index in [4.69, 9.17) is 9.92 Å². The highest BCUT2D eigenvalue weighted by Gasteiger charge is 2.37. The Kier molecular flexibility index (Phi) is 5.01. The number of para-hydroxylation sites is 1. The number of hydrogen-bond donors (Lipinski definition) is 2. The Balaban J connectivity index is 2.15. The summed E-state index contributed by atoms with van der Waals surface area (Å²) in [5.41, 5.74) is 0.923. The highest BCUT2D eigenvalue weighted by atomic mass is 16.5. The van der Waals surface area contributed by atoms with Crippen LogP contribution in [0.4, 0.5) is 0 Å². The third-order valence-corrected chi connectivity index (χ3v) is 3.33. The van der Waals surface area contributed by atoms with Gasteiger partial charge < -0.3 is 19.7 Å². The van der Waals surface area contributed by atoms with Gasteiger partial charge in [0.1, 0.15) is 11.3 Å². The minimum atomic E-state index is -1.27. The largest absolute Gasteiger partial charge is 0.547 e. The van der Waals surface area contributed by atoms with Gasteiger partial charge in [-0.3, -0.25) is 4.79 Å². The van der Waals surface area contributed by atoms with Crippen LogP contribution < -0.4 is 9.97 Å². The standard InChI is InChI=1S/C14H15BN2O5/c1-21-14(19)10-5-2-4-9-8-11(15(20)22-13(9)10)17-12(18)6-3-7-16/h2,4-5,11,20H,3,6,8H2,1H3,(H,17,18). The first-order valence-corrected chi connectivity index (χ1v) is 6.78. The van der Waals surface area contributed by atoms with Gasteiger partial charge in [-0.15, -0.1) is 0 Å². The van der Waals surface area contributed by atoms with Gasteiger partial charge in [0, 0.05) is 12.8 Å². The molecule has 0 bridgehead atoms. The van der Waals surface area contributed by atoms with Crippen LogP contribution in [0.25, 0.3) is 0 Å². The summed E-state index contributed by atoms with van der Waals surface area (Å²) < 4.78 is 10.1. The molecule has 8 heteroatoms. The number of fused-ring (bicyclic) bond motifs is 1. The summed E-state index contributed by atoms with van der Waals surface area (Å²) in [6.45, 7) is 0. The molecule has 7 nitrogen and oxygen atoms in total. The summed E-state index contributed by atoms with van der Waals surface area (Å²) in [5.74, 6) is -1.25. The van der Waals surface area contributed by atoms with Crippen molar-refractivity contribution in [3.8, 4) is 11.8 Å². The van der Waals surface area contributed by atoms with Crippen molar-refractivity contribution < 1.29 is 24.0 Å². The zero-order chi connectivity index (χ0) is 16.1. The van der Waals surface area contributed by atoms with E-state index in [1.54, 1.807) is 18.2 Å². The van der Waals surface area contributed by atoms with E-state index in [2.05, 4.69) is 10.1 Å². The zero-order valence-electron chi connectivity index (χ0n) is 12.0. The first-order valence-electron chi connectivity index (χ1n) is 6.78. The highest BCUT2D eigenvalue weighted by Crippen LogP contribution is 2.30. The predicted octanol–water partition coefficient (Wildman–Crippen LogP) is 0.216. The van der Waals surface area contributed by atoms with Crippen molar-refractivity contribution in [1.29, 1.82) is 5.26 Å². The zero-order valence-corrected chi connectivity index (χ0v) is 12.0. The molecule has 2 N–H and O–H groups in total. The SMILES string of the molecule is COC(=O)c1cccc2c1OB(O)C(NC(=O)CCC#N)C2. The third-order valence-electron chi connectivity index (χ3n) is 3.33.